The Kier molecular flexibility index (Phi) is 20.5. The van der Waals surface area contributed by atoms with Crippen LogP contribution >= 0.6 is 0 Å². The molecule has 0 saturated heterocycles. The van der Waals surface area contributed by atoms with Crippen molar-refractivity contribution in [1.29, 1.82) is 0 Å². The van der Waals surface area contributed by atoms with Gasteiger partial charge in [-0.2, -0.15) is 0 Å². The zero-order chi connectivity index (χ0) is 33.0. The molecule has 3 amide bonds. The lowest BCUT2D eigenvalue weighted by molar-refractivity contribution is -0.142. The third-order valence-corrected chi connectivity index (χ3v) is 7.83. The van der Waals surface area contributed by atoms with Crippen LogP contribution in [0.4, 0.5) is 0 Å². The van der Waals surface area contributed by atoms with E-state index >= 15 is 0 Å². The summed E-state index contributed by atoms with van der Waals surface area (Å²) in [5.74, 6) is -2.98. The topological polar surface area (TPSA) is 208 Å². The molecule has 12 heteroatoms. The van der Waals surface area contributed by atoms with E-state index in [2.05, 4.69) is 36.7 Å². The Balaban J connectivity index is 0.00000112. The number of aliphatic hydroxyl groups is 1. The van der Waals surface area contributed by atoms with Crippen LogP contribution in [0.1, 0.15) is 125 Å². The average Bonchev–Trinajstić information content (AvgIpc) is 2.94. The molecule has 0 heterocycles. The molecular weight excluding hydrogens is 556 g/mol. The molecule has 1 rings (SSSR count). The molecule has 0 aromatic rings. The molecular formula is C31H58N4O8. The number of aliphatic hydroxyl groups excluding tert-OH is 1. The van der Waals surface area contributed by atoms with Gasteiger partial charge in [-0.1, -0.05) is 66.2 Å². The molecule has 8 N–H and O–H groups in total. The average molecular weight is 615 g/mol. The van der Waals surface area contributed by atoms with E-state index < -0.39 is 47.9 Å². The van der Waals surface area contributed by atoms with E-state index in [4.69, 9.17) is 10.8 Å². The number of carboxylic acids is 2. The SMILES string of the molecule is CCC(=O)NC(C)C(=O)NC(CCC(=O)NC(CO)CCCC(N)C(=O)O)C(=O)O.CCCC(C)(C)CC1CCCCC1. The summed E-state index contributed by atoms with van der Waals surface area (Å²) in [6, 6.07) is -3.90. The van der Waals surface area contributed by atoms with Gasteiger partial charge in [0.1, 0.15) is 18.1 Å². The van der Waals surface area contributed by atoms with E-state index in [1.807, 2.05) is 0 Å². The van der Waals surface area contributed by atoms with Crippen molar-refractivity contribution in [3.05, 3.63) is 0 Å². The molecule has 1 fully saturated rings. The van der Waals surface area contributed by atoms with E-state index in [1.54, 1.807) is 6.92 Å². The van der Waals surface area contributed by atoms with E-state index in [0.717, 1.165) is 5.92 Å². The molecule has 0 bridgehead atoms. The Hall–Kier alpha value is -2.73. The van der Waals surface area contributed by atoms with Gasteiger partial charge in [0.05, 0.1) is 12.6 Å². The molecule has 43 heavy (non-hydrogen) atoms. The second-order valence-electron chi connectivity index (χ2n) is 12.5. The van der Waals surface area contributed by atoms with Crippen molar-refractivity contribution in [1.82, 2.24) is 16.0 Å². The van der Waals surface area contributed by atoms with Crippen LogP contribution in [-0.4, -0.2) is 75.8 Å². The van der Waals surface area contributed by atoms with Crippen molar-refractivity contribution in [2.24, 2.45) is 17.1 Å². The minimum absolute atomic E-state index is 0.175. The van der Waals surface area contributed by atoms with Crippen LogP contribution in [0.2, 0.25) is 0 Å². The summed E-state index contributed by atoms with van der Waals surface area (Å²) in [6.07, 6.45) is 12.3. The van der Waals surface area contributed by atoms with Gasteiger partial charge < -0.3 is 37.0 Å². The van der Waals surface area contributed by atoms with Gasteiger partial charge in [-0.3, -0.25) is 19.2 Å². The van der Waals surface area contributed by atoms with Crippen LogP contribution in [-0.2, 0) is 24.0 Å². The van der Waals surface area contributed by atoms with Gasteiger partial charge in [0.15, 0.2) is 0 Å². The Labute approximate surface area is 257 Å². The van der Waals surface area contributed by atoms with Crippen molar-refractivity contribution in [2.75, 3.05) is 6.61 Å². The molecule has 1 aliphatic carbocycles. The normalized spacial score (nSPS) is 16.4. The number of hydrogen-bond acceptors (Lipinski definition) is 7. The molecule has 0 aliphatic heterocycles. The molecule has 0 aromatic carbocycles. The van der Waals surface area contributed by atoms with Crippen LogP contribution in [0.25, 0.3) is 0 Å². The summed E-state index contributed by atoms with van der Waals surface area (Å²) in [5, 5.41) is 34.5. The van der Waals surface area contributed by atoms with E-state index in [9.17, 15) is 34.2 Å². The number of nitrogens with two attached hydrogens (primary N) is 1. The van der Waals surface area contributed by atoms with Crippen LogP contribution < -0.4 is 21.7 Å². The van der Waals surface area contributed by atoms with Crippen LogP contribution in [0.3, 0.4) is 0 Å². The monoisotopic (exact) mass is 614 g/mol. The van der Waals surface area contributed by atoms with Crippen molar-refractivity contribution in [3.8, 4) is 0 Å². The molecule has 250 valence electrons. The highest BCUT2D eigenvalue weighted by Gasteiger charge is 2.25. The number of rotatable bonds is 19. The summed E-state index contributed by atoms with van der Waals surface area (Å²) >= 11 is 0. The van der Waals surface area contributed by atoms with E-state index in [0.29, 0.717) is 18.3 Å². The fourth-order valence-electron chi connectivity index (χ4n) is 5.41. The molecule has 1 aliphatic rings. The molecule has 0 spiro atoms. The van der Waals surface area contributed by atoms with Crippen LogP contribution in [0.15, 0.2) is 0 Å². The molecule has 1 saturated carbocycles. The maximum Gasteiger partial charge on any atom is 0.326 e. The summed E-state index contributed by atoms with van der Waals surface area (Å²) in [4.78, 5) is 57.4. The smallest absolute Gasteiger partial charge is 0.326 e. The van der Waals surface area contributed by atoms with Crippen LogP contribution in [0.5, 0.6) is 0 Å². The molecule has 0 radical (unpaired) electrons. The minimum atomic E-state index is -1.33. The minimum Gasteiger partial charge on any atom is -0.480 e. The first-order valence-corrected chi connectivity index (χ1v) is 15.9. The first-order valence-electron chi connectivity index (χ1n) is 15.9. The lowest BCUT2D eigenvalue weighted by atomic mass is 9.74. The number of aliphatic carboxylic acids is 2. The van der Waals surface area contributed by atoms with E-state index in [-0.39, 0.29) is 38.2 Å². The second-order valence-corrected chi connectivity index (χ2v) is 12.5. The fraction of sp³-hybridized carbons (Fsp3) is 0.839. The maximum absolute atomic E-state index is 12.0. The summed E-state index contributed by atoms with van der Waals surface area (Å²) < 4.78 is 0. The number of carbonyl (C=O) groups excluding carboxylic acids is 3. The fourth-order valence-corrected chi connectivity index (χ4v) is 5.41. The summed E-state index contributed by atoms with van der Waals surface area (Å²) in [5.41, 5.74) is 6.00. The zero-order valence-corrected chi connectivity index (χ0v) is 27.0. The maximum atomic E-state index is 12.0. The standard InChI is InChI=1S/C18H32N4O8.C13H26/c1-3-14(24)20-10(2)16(26)22-13(18(29)30)7-8-15(25)21-11(9-23)5-4-6-12(19)17(27)28;1-4-10-13(2,3)11-12-8-6-5-7-9-12/h10-13,23H,3-9,19H2,1-2H3,(H,20,24)(H,21,25)(H,22,26)(H,27,28)(H,29,30);12H,4-11H2,1-3H3. The van der Waals surface area contributed by atoms with Gasteiger partial charge in [-0.25, -0.2) is 4.79 Å². The number of carboxylic acid groups (broad SMARTS) is 2. The number of carbonyl (C=O) groups is 5. The number of amides is 3. The van der Waals surface area contributed by atoms with Crippen molar-refractivity contribution < 1.29 is 39.3 Å². The quantitative estimate of drug-likeness (QED) is 0.114. The largest absolute Gasteiger partial charge is 0.480 e. The van der Waals surface area contributed by atoms with Crippen molar-refractivity contribution in [2.45, 2.75) is 149 Å². The number of hydrogen-bond donors (Lipinski definition) is 7. The Morgan fingerprint density at radius 3 is 2.02 bits per heavy atom. The summed E-state index contributed by atoms with van der Waals surface area (Å²) in [6.45, 7) is 9.86. The third-order valence-electron chi connectivity index (χ3n) is 7.83. The lowest BCUT2D eigenvalue weighted by Gasteiger charge is -2.31. The highest BCUT2D eigenvalue weighted by molar-refractivity contribution is 5.90. The molecule has 4 atom stereocenters. The zero-order valence-electron chi connectivity index (χ0n) is 27.0. The third kappa shape index (κ3) is 19.2. The first kappa shape index (κ1) is 40.3. The van der Waals surface area contributed by atoms with Crippen molar-refractivity contribution >= 4 is 29.7 Å². The van der Waals surface area contributed by atoms with Crippen molar-refractivity contribution in [3.63, 3.8) is 0 Å². The Morgan fingerprint density at radius 1 is 0.884 bits per heavy atom. The highest BCUT2D eigenvalue weighted by atomic mass is 16.4. The molecule has 12 nitrogen and oxygen atoms in total. The van der Waals surface area contributed by atoms with E-state index in [1.165, 1.54) is 58.3 Å². The van der Waals surface area contributed by atoms with Gasteiger partial charge in [0.25, 0.3) is 0 Å². The van der Waals surface area contributed by atoms with Gasteiger partial charge in [0.2, 0.25) is 17.7 Å². The Bertz CT molecular complexity index is 861. The summed E-state index contributed by atoms with van der Waals surface area (Å²) in [7, 11) is 0. The van der Waals surface area contributed by atoms with Gasteiger partial charge >= 0.3 is 11.9 Å². The lowest BCUT2D eigenvalue weighted by Crippen LogP contribution is -2.50. The Morgan fingerprint density at radius 2 is 1.51 bits per heavy atom. The predicted octanol–water partition coefficient (Wildman–Crippen LogP) is 3.09. The second kappa shape index (κ2) is 21.9. The van der Waals surface area contributed by atoms with Gasteiger partial charge in [-0.05, 0) is 56.8 Å². The molecule has 4 unspecified atom stereocenters. The van der Waals surface area contributed by atoms with Gasteiger partial charge in [0, 0.05) is 12.8 Å². The van der Waals surface area contributed by atoms with Gasteiger partial charge in [-0.15, -0.1) is 0 Å². The highest BCUT2D eigenvalue weighted by Crippen LogP contribution is 2.36. The number of nitrogens with one attached hydrogen (secondary N) is 3. The molecule has 0 aromatic heterocycles. The van der Waals surface area contributed by atoms with Crippen LogP contribution in [0, 0.1) is 11.3 Å². The first-order chi connectivity index (χ1) is 20.1. The predicted molar refractivity (Wildman–Crippen MR) is 165 cm³/mol.